The summed E-state index contributed by atoms with van der Waals surface area (Å²) in [4.78, 5) is 0. The van der Waals surface area contributed by atoms with Gasteiger partial charge in [-0.15, -0.1) is 0 Å². The van der Waals surface area contributed by atoms with Crippen LogP contribution >= 0.6 is 0 Å². The Morgan fingerprint density at radius 3 is 2.23 bits per heavy atom. The van der Waals surface area contributed by atoms with Crippen LogP contribution in [0, 0.1) is 0 Å². The maximum Gasteiger partial charge on any atom is 0.416 e. The molecule has 1 N–H and O–H groups in total. The van der Waals surface area contributed by atoms with Gasteiger partial charge in [0.1, 0.15) is 0 Å². The van der Waals surface area contributed by atoms with Crippen LogP contribution in [0.25, 0.3) is 5.57 Å². The summed E-state index contributed by atoms with van der Waals surface area (Å²) in [6.45, 7) is 3.90. The Hall–Kier alpha value is -2.56. The molecular formula is C17H14F3NO. The molecule has 0 bridgehead atoms. The van der Waals surface area contributed by atoms with Crippen LogP contribution in [0.1, 0.15) is 23.1 Å². The quantitative estimate of drug-likeness (QED) is 0.482. The molecule has 0 aliphatic rings. The molecule has 0 fully saturated rings. The first-order valence-electron chi connectivity index (χ1n) is 6.53. The molecular weight excluding hydrogens is 291 g/mol. The fourth-order valence-electron chi connectivity index (χ4n) is 2.05. The lowest BCUT2D eigenvalue weighted by atomic mass is 9.97. The molecule has 0 aliphatic heterocycles. The van der Waals surface area contributed by atoms with Gasteiger partial charge in [0.05, 0.1) is 11.3 Å². The fraction of sp³-hybridized carbons (Fsp3) is 0.118. The van der Waals surface area contributed by atoms with Crippen molar-refractivity contribution in [1.82, 2.24) is 0 Å². The molecule has 5 heteroatoms. The summed E-state index contributed by atoms with van der Waals surface area (Å²) >= 11 is 0. The number of benzene rings is 2. The molecule has 0 saturated carbocycles. The number of hydrogen-bond acceptors (Lipinski definition) is 2. The number of halogens is 3. The third-order valence-electron chi connectivity index (χ3n) is 3.21. The van der Waals surface area contributed by atoms with Gasteiger partial charge in [0.15, 0.2) is 0 Å². The van der Waals surface area contributed by atoms with Crippen LogP contribution in [-0.2, 0) is 6.18 Å². The standard InChI is InChI=1S/C17H14F3NO/c1-12(13-6-3-2-4-7-13)10-16(21-22)14-8-5-9-15(11-14)17(18,19)20/h2-9,11,22H,1,10H2/b21-16-. The van der Waals surface area contributed by atoms with Crippen molar-refractivity contribution >= 4 is 11.3 Å². The minimum atomic E-state index is -4.44. The smallest absolute Gasteiger partial charge is 0.411 e. The molecule has 0 unspecified atom stereocenters. The molecule has 22 heavy (non-hydrogen) atoms. The lowest BCUT2D eigenvalue weighted by Crippen LogP contribution is -2.08. The molecule has 2 aromatic rings. The van der Waals surface area contributed by atoms with Gasteiger partial charge < -0.3 is 5.21 Å². The van der Waals surface area contributed by atoms with Crippen LogP contribution in [0.3, 0.4) is 0 Å². The second kappa shape index (κ2) is 6.47. The van der Waals surface area contributed by atoms with Crippen molar-refractivity contribution < 1.29 is 18.4 Å². The molecule has 0 atom stereocenters. The summed E-state index contributed by atoms with van der Waals surface area (Å²) < 4.78 is 38.2. The second-order valence-electron chi connectivity index (χ2n) is 4.77. The third kappa shape index (κ3) is 3.75. The number of rotatable bonds is 4. The van der Waals surface area contributed by atoms with E-state index in [0.717, 1.165) is 17.7 Å². The summed E-state index contributed by atoms with van der Waals surface area (Å²) in [5.41, 5.74) is 1.08. The Bertz CT molecular complexity index is 691. The molecule has 2 rings (SSSR count). The number of hydrogen-bond donors (Lipinski definition) is 1. The lowest BCUT2D eigenvalue weighted by molar-refractivity contribution is -0.137. The average molecular weight is 305 g/mol. The summed E-state index contributed by atoms with van der Waals surface area (Å²) in [6.07, 6.45) is -4.28. The molecule has 0 spiro atoms. The predicted molar refractivity (Wildman–Crippen MR) is 79.9 cm³/mol. The number of oxime groups is 1. The van der Waals surface area contributed by atoms with E-state index in [1.165, 1.54) is 12.1 Å². The molecule has 2 nitrogen and oxygen atoms in total. The minimum Gasteiger partial charge on any atom is -0.411 e. The Labute approximate surface area is 126 Å². The van der Waals surface area contributed by atoms with E-state index in [2.05, 4.69) is 11.7 Å². The highest BCUT2D eigenvalue weighted by Gasteiger charge is 2.30. The van der Waals surface area contributed by atoms with E-state index in [1.54, 1.807) is 0 Å². The van der Waals surface area contributed by atoms with Gasteiger partial charge in [-0.25, -0.2) is 0 Å². The van der Waals surface area contributed by atoms with Crippen molar-refractivity contribution in [2.24, 2.45) is 5.16 Å². The van der Waals surface area contributed by atoms with Crippen LogP contribution in [0.2, 0.25) is 0 Å². The normalized spacial score (nSPS) is 12.2. The molecule has 0 radical (unpaired) electrons. The SMILES string of the molecule is C=C(C/C(=N/O)c1cccc(C(F)(F)F)c1)c1ccccc1. The van der Waals surface area contributed by atoms with Gasteiger partial charge >= 0.3 is 6.18 Å². The molecule has 0 aliphatic carbocycles. The van der Waals surface area contributed by atoms with Crippen LogP contribution in [-0.4, -0.2) is 10.9 Å². The Balaban J connectivity index is 2.25. The van der Waals surface area contributed by atoms with Gasteiger partial charge in [-0.05, 0) is 23.3 Å². The molecule has 0 saturated heterocycles. The topological polar surface area (TPSA) is 32.6 Å². The Kier molecular flexibility index (Phi) is 4.65. The zero-order valence-corrected chi connectivity index (χ0v) is 11.6. The maximum atomic E-state index is 12.7. The van der Waals surface area contributed by atoms with Crippen LogP contribution in [0.5, 0.6) is 0 Å². The van der Waals surface area contributed by atoms with Gasteiger partial charge in [0.25, 0.3) is 0 Å². The van der Waals surface area contributed by atoms with Gasteiger partial charge in [0, 0.05) is 12.0 Å². The second-order valence-corrected chi connectivity index (χ2v) is 4.77. The first-order chi connectivity index (χ1) is 10.4. The maximum absolute atomic E-state index is 12.7. The molecule has 2 aromatic carbocycles. The van der Waals surface area contributed by atoms with E-state index in [9.17, 15) is 13.2 Å². The number of allylic oxidation sites excluding steroid dienone is 1. The Morgan fingerprint density at radius 2 is 1.64 bits per heavy atom. The minimum absolute atomic E-state index is 0.139. The van der Waals surface area contributed by atoms with Crippen LogP contribution < -0.4 is 0 Å². The van der Waals surface area contributed by atoms with Crippen molar-refractivity contribution in [3.63, 3.8) is 0 Å². The largest absolute Gasteiger partial charge is 0.416 e. The van der Waals surface area contributed by atoms with Gasteiger partial charge in [0.2, 0.25) is 0 Å². The van der Waals surface area contributed by atoms with E-state index in [-0.39, 0.29) is 17.7 Å². The van der Waals surface area contributed by atoms with Crippen molar-refractivity contribution in [1.29, 1.82) is 0 Å². The van der Waals surface area contributed by atoms with Crippen LogP contribution in [0.4, 0.5) is 13.2 Å². The monoisotopic (exact) mass is 305 g/mol. The third-order valence-corrected chi connectivity index (χ3v) is 3.21. The van der Waals surface area contributed by atoms with Crippen LogP contribution in [0.15, 0.2) is 66.3 Å². The highest BCUT2D eigenvalue weighted by atomic mass is 19.4. The molecule has 0 aromatic heterocycles. The summed E-state index contributed by atoms with van der Waals surface area (Å²) in [5, 5.41) is 12.3. The Morgan fingerprint density at radius 1 is 1.00 bits per heavy atom. The van der Waals surface area contributed by atoms with Crippen molar-refractivity contribution in [2.45, 2.75) is 12.6 Å². The lowest BCUT2D eigenvalue weighted by Gasteiger charge is -2.11. The van der Waals surface area contributed by atoms with E-state index >= 15 is 0 Å². The first-order valence-corrected chi connectivity index (χ1v) is 6.53. The molecule has 0 heterocycles. The fourth-order valence-corrected chi connectivity index (χ4v) is 2.05. The highest BCUT2D eigenvalue weighted by molar-refractivity contribution is 6.05. The zero-order chi connectivity index (χ0) is 16.2. The highest BCUT2D eigenvalue weighted by Crippen LogP contribution is 2.30. The van der Waals surface area contributed by atoms with Gasteiger partial charge in [-0.2, -0.15) is 13.2 Å². The van der Waals surface area contributed by atoms with Gasteiger partial charge in [-0.3, -0.25) is 0 Å². The summed E-state index contributed by atoms with van der Waals surface area (Å²) in [7, 11) is 0. The molecule has 0 amide bonds. The summed E-state index contributed by atoms with van der Waals surface area (Å²) in [5.74, 6) is 0. The predicted octanol–water partition coefficient (Wildman–Crippen LogP) is 4.99. The molecule has 114 valence electrons. The van der Waals surface area contributed by atoms with E-state index in [0.29, 0.717) is 5.57 Å². The zero-order valence-electron chi connectivity index (χ0n) is 11.6. The summed E-state index contributed by atoms with van der Waals surface area (Å²) in [6, 6.07) is 13.9. The van der Waals surface area contributed by atoms with Crippen molar-refractivity contribution in [3.8, 4) is 0 Å². The van der Waals surface area contributed by atoms with E-state index in [1.807, 2.05) is 30.3 Å². The van der Waals surface area contributed by atoms with E-state index < -0.39 is 11.7 Å². The number of nitrogens with zero attached hydrogens (tertiary/aromatic N) is 1. The number of alkyl halides is 3. The first kappa shape index (κ1) is 15.8. The van der Waals surface area contributed by atoms with Gasteiger partial charge in [-0.1, -0.05) is 54.2 Å². The van der Waals surface area contributed by atoms with E-state index in [4.69, 9.17) is 5.21 Å². The van der Waals surface area contributed by atoms with Crippen molar-refractivity contribution in [3.05, 3.63) is 77.9 Å². The van der Waals surface area contributed by atoms with Crippen molar-refractivity contribution in [2.75, 3.05) is 0 Å². The average Bonchev–Trinajstić information content (AvgIpc) is 2.52.